The molecule has 3 nitrogen and oxygen atoms in total. The molecule has 1 aromatic heterocycles. The molecular formula is C12H10ClNO2S. The summed E-state index contributed by atoms with van der Waals surface area (Å²) in [5, 5.41) is 3.74. The van der Waals surface area contributed by atoms with Crippen molar-refractivity contribution in [2.45, 2.75) is 4.71 Å². The van der Waals surface area contributed by atoms with Crippen molar-refractivity contribution in [3.05, 3.63) is 42.1 Å². The van der Waals surface area contributed by atoms with Gasteiger partial charge in [-0.1, -0.05) is 35.5 Å². The average molecular weight is 268 g/mol. The number of carbonyl (C=O) groups is 1. The lowest BCUT2D eigenvalue weighted by Gasteiger charge is -1.99. The molecule has 0 bridgehead atoms. The van der Waals surface area contributed by atoms with Crippen LogP contribution in [0.5, 0.6) is 0 Å². The van der Waals surface area contributed by atoms with Crippen molar-refractivity contribution < 1.29 is 9.32 Å². The highest BCUT2D eigenvalue weighted by molar-refractivity contribution is 8.01. The summed E-state index contributed by atoms with van der Waals surface area (Å²) in [5.41, 5.74) is 1.15. The molecule has 0 aliphatic heterocycles. The van der Waals surface area contributed by atoms with Gasteiger partial charge in [-0.25, -0.2) is 0 Å². The molecular weight excluding hydrogens is 258 g/mol. The number of nitrogens with zero attached hydrogens (tertiary/aromatic N) is 1. The molecule has 0 spiro atoms. The molecule has 2 aromatic rings. The fourth-order valence-corrected chi connectivity index (χ4v) is 1.80. The zero-order valence-electron chi connectivity index (χ0n) is 9.09. The first kappa shape index (κ1) is 12.2. The molecule has 0 aliphatic carbocycles. The van der Waals surface area contributed by atoms with E-state index in [0.29, 0.717) is 5.76 Å². The van der Waals surface area contributed by atoms with Crippen molar-refractivity contribution in [3.8, 4) is 11.3 Å². The summed E-state index contributed by atoms with van der Waals surface area (Å²) in [6, 6.07) is 11.1. The van der Waals surface area contributed by atoms with Crippen LogP contribution in [-0.4, -0.2) is 21.9 Å². The van der Waals surface area contributed by atoms with Gasteiger partial charge in [0.05, 0.1) is 0 Å². The van der Waals surface area contributed by atoms with Gasteiger partial charge in [-0.05, 0) is 6.26 Å². The molecule has 0 amide bonds. The second kappa shape index (κ2) is 5.38. The summed E-state index contributed by atoms with van der Waals surface area (Å²) < 4.78 is 4.51. The van der Waals surface area contributed by atoms with E-state index in [1.807, 2.05) is 30.3 Å². The molecule has 0 radical (unpaired) electrons. The molecule has 0 aliphatic rings. The van der Waals surface area contributed by atoms with Crippen LogP contribution >= 0.6 is 23.4 Å². The molecule has 1 atom stereocenters. The maximum absolute atomic E-state index is 11.7. The molecule has 1 aromatic carbocycles. The maximum Gasteiger partial charge on any atom is 0.212 e. The highest BCUT2D eigenvalue weighted by atomic mass is 35.5. The number of rotatable bonds is 4. The second-order valence-electron chi connectivity index (χ2n) is 3.36. The fraction of sp³-hybridized carbons (Fsp3) is 0.167. The minimum atomic E-state index is -0.622. The molecule has 0 saturated carbocycles. The summed E-state index contributed by atoms with van der Waals surface area (Å²) in [6.45, 7) is 0. The summed E-state index contributed by atoms with van der Waals surface area (Å²) in [4.78, 5) is 11.7. The summed E-state index contributed by atoms with van der Waals surface area (Å²) in [7, 11) is 0. The standard InChI is InChI=1S/C12H10ClNO2S/c1-17-12(13)11(15)9-7-10(16-14-9)8-5-3-2-4-6-8/h2-7,12H,1H3. The molecule has 0 saturated heterocycles. The number of benzene rings is 1. The van der Waals surface area contributed by atoms with E-state index in [0.717, 1.165) is 5.56 Å². The zero-order valence-corrected chi connectivity index (χ0v) is 10.7. The first-order valence-electron chi connectivity index (χ1n) is 4.95. The maximum atomic E-state index is 11.7. The largest absolute Gasteiger partial charge is 0.356 e. The number of halogens is 1. The van der Waals surface area contributed by atoms with Gasteiger partial charge in [0, 0.05) is 11.6 Å². The predicted octanol–water partition coefficient (Wildman–Crippen LogP) is 3.45. The van der Waals surface area contributed by atoms with Crippen molar-refractivity contribution in [1.29, 1.82) is 0 Å². The number of aromatic nitrogens is 1. The molecule has 88 valence electrons. The molecule has 2 rings (SSSR count). The van der Waals surface area contributed by atoms with Crippen LogP contribution in [0.25, 0.3) is 11.3 Å². The molecule has 1 unspecified atom stereocenters. The Labute approximate surface area is 108 Å². The van der Waals surface area contributed by atoms with Gasteiger partial charge < -0.3 is 4.52 Å². The third kappa shape index (κ3) is 2.70. The summed E-state index contributed by atoms with van der Waals surface area (Å²) >= 11 is 7.10. The Balaban J connectivity index is 2.25. The number of hydrogen-bond donors (Lipinski definition) is 0. The van der Waals surface area contributed by atoms with Crippen LogP contribution in [0.4, 0.5) is 0 Å². The number of ketones is 1. The lowest BCUT2D eigenvalue weighted by atomic mass is 10.1. The van der Waals surface area contributed by atoms with Crippen molar-refractivity contribution in [3.63, 3.8) is 0 Å². The van der Waals surface area contributed by atoms with E-state index in [4.69, 9.17) is 16.1 Å². The van der Waals surface area contributed by atoms with E-state index in [9.17, 15) is 4.79 Å². The highest BCUT2D eigenvalue weighted by Gasteiger charge is 2.20. The van der Waals surface area contributed by atoms with E-state index in [2.05, 4.69) is 5.16 Å². The Kier molecular flexibility index (Phi) is 3.86. The zero-order chi connectivity index (χ0) is 12.3. The van der Waals surface area contributed by atoms with E-state index < -0.39 is 4.71 Å². The monoisotopic (exact) mass is 267 g/mol. The molecule has 0 N–H and O–H groups in total. The first-order chi connectivity index (χ1) is 8.22. The van der Waals surface area contributed by atoms with Crippen LogP contribution in [0.15, 0.2) is 40.9 Å². The minimum absolute atomic E-state index is 0.231. The Morgan fingerprint density at radius 3 is 2.76 bits per heavy atom. The van der Waals surface area contributed by atoms with E-state index in [-0.39, 0.29) is 11.5 Å². The number of Topliss-reactive ketones (excluding diaryl/α,β-unsaturated/α-hetero) is 1. The van der Waals surface area contributed by atoms with Crippen molar-refractivity contribution in [2.75, 3.05) is 6.26 Å². The van der Waals surface area contributed by atoms with Crippen LogP contribution in [-0.2, 0) is 0 Å². The SMILES string of the molecule is CSC(Cl)C(=O)c1cc(-c2ccccc2)on1. The Morgan fingerprint density at radius 2 is 2.12 bits per heavy atom. The Morgan fingerprint density at radius 1 is 1.41 bits per heavy atom. The Bertz CT molecular complexity index is 512. The third-order valence-corrected chi connectivity index (χ3v) is 3.59. The molecule has 17 heavy (non-hydrogen) atoms. The van der Waals surface area contributed by atoms with Crippen LogP contribution in [0.3, 0.4) is 0 Å². The van der Waals surface area contributed by atoms with Crippen molar-refractivity contribution in [1.82, 2.24) is 5.16 Å². The molecule has 0 fully saturated rings. The van der Waals surface area contributed by atoms with E-state index >= 15 is 0 Å². The molecule has 1 heterocycles. The van der Waals surface area contributed by atoms with Gasteiger partial charge in [-0.3, -0.25) is 4.79 Å². The van der Waals surface area contributed by atoms with Crippen molar-refractivity contribution >= 4 is 29.1 Å². The summed E-state index contributed by atoms with van der Waals surface area (Å²) in [6.07, 6.45) is 1.77. The smallest absolute Gasteiger partial charge is 0.212 e. The van der Waals surface area contributed by atoms with Crippen LogP contribution in [0.2, 0.25) is 0 Å². The average Bonchev–Trinajstić information content (AvgIpc) is 2.87. The lowest BCUT2D eigenvalue weighted by molar-refractivity contribution is 0.1000. The number of carbonyl (C=O) groups excluding carboxylic acids is 1. The summed E-state index contributed by atoms with van der Waals surface area (Å²) in [5.74, 6) is 0.337. The number of hydrogen-bond acceptors (Lipinski definition) is 4. The van der Waals surface area contributed by atoms with Crippen LogP contribution in [0.1, 0.15) is 10.5 Å². The van der Waals surface area contributed by atoms with Gasteiger partial charge >= 0.3 is 0 Å². The molecule has 5 heteroatoms. The van der Waals surface area contributed by atoms with Gasteiger partial charge in [0.25, 0.3) is 0 Å². The normalized spacial score (nSPS) is 12.4. The van der Waals surface area contributed by atoms with Gasteiger partial charge in [0.2, 0.25) is 5.78 Å². The quantitative estimate of drug-likeness (QED) is 0.629. The van der Waals surface area contributed by atoms with Gasteiger partial charge in [0.15, 0.2) is 11.5 Å². The van der Waals surface area contributed by atoms with E-state index in [1.54, 1.807) is 12.3 Å². The van der Waals surface area contributed by atoms with Gasteiger partial charge in [0.1, 0.15) is 4.71 Å². The van der Waals surface area contributed by atoms with Gasteiger partial charge in [-0.15, -0.1) is 23.4 Å². The number of thioether (sulfide) groups is 1. The predicted molar refractivity (Wildman–Crippen MR) is 69.4 cm³/mol. The van der Waals surface area contributed by atoms with Crippen LogP contribution in [0, 0.1) is 0 Å². The lowest BCUT2D eigenvalue weighted by Crippen LogP contribution is -2.10. The second-order valence-corrected chi connectivity index (χ2v) is 5.00. The highest BCUT2D eigenvalue weighted by Crippen LogP contribution is 2.23. The topological polar surface area (TPSA) is 43.1 Å². The number of alkyl halides is 1. The van der Waals surface area contributed by atoms with E-state index in [1.165, 1.54) is 11.8 Å². The minimum Gasteiger partial charge on any atom is -0.356 e. The van der Waals surface area contributed by atoms with Gasteiger partial charge in [-0.2, -0.15) is 0 Å². The van der Waals surface area contributed by atoms with Crippen molar-refractivity contribution in [2.24, 2.45) is 0 Å². The Hall–Kier alpha value is -1.26. The third-order valence-electron chi connectivity index (χ3n) is 2.23. The first-order valence-corrected chi connectivity index (χ1v) is 6.68. The fourth-order valence-electron chi connectivity index (χ4n) is 1.35. The van der Waals surface area contributed by atoms with Crippen LogP contribution < -0.4 is 0 Å².